The number of carbonyl (C=O) groups excluding carboxylic acids is 1. The summed E-state index contributed by atoms with van der Waals surface area (Å²) in [6.07, 6.45) is 0.315. The number of amides is 1. The van der Waals surface area contributed by atoms with Crippen molar-refractivity contribution in [2.45, 2.75) is 26.3 Å². The van der Waals surface area contributed by atoms with Gasteiger partial charge in [-0.25, -0.2) is 0 Å². The summed E-state index contributed by atoms with van der Waals surface area (Å²) < 4.78 is 0. The number of non-ortho nitro benzene ring substituents is 1. The number of carbonyl (C=O) groups is 1. The summed E-state index contributed by atoms with van der Waals surface area (Å²) in [5, 5.41) is 19.5. The number of nitrogens with zero attached hydrogens (tertiary/aromatic N) is 1. The van der Waals surface area contributed by atoms with Crippen molar-refractivity contribution in [3.05, 3.63) is 28.3 Å². The average Bonchev–Trinajstić information content (AvgIpc) is 2.37. The molecule has 7 heteroatoms. The molecule has 1 rings (SSSR count). The lowest BCUT2D eigenvalue weighted by molar-refractivity contribution is -0.384. The Morgan fingerprint density at radius 1 is 1.30 bits per heavy atom. The van der Waals surface area contributed by atoms with Gasteiger partial charge in [-0.05, 0) is 19.9 Å². The number of hydrogen-bond acceptors (Lipinski definition) is 5. The number of benzene rings is 1. The molecule has 0 saturated carbocycles. The summed E-state index contributed by atoms with van der Waals surface area (Å²) in [5.41, 5.74) is 1.26. The molecule has 0 fully saturated rings. The summed E-state index contributed by atoms with van der Waals surface area (Å²) in [4.78, 5) is 21.8. The first kappa shape index (κ1) is 15.7. The molecule has 0 unspecified atom stereocenters. The van der Waals surface area contributed by atoms with E-state index in [1.165, 1.54) is 12.1 Å². The third-order valence-corrected chi connectivity index (χ3v) is 2.55. The highest BCUT2D eigenvalue weighted by atomic mass is 16.6. The molecule has 0 radical (unpaired) electrons. The van der Waals surface area contributed by atoms with Gasteiger partial charge in [0.1, 0.15) is 0 Å². The summed E-state index contributed by atoms with van der Waals surface area (Å²) in [5.74, 6) is -0.0493. The van der Waals surface area contributed by atoms with Crippen LogP contribution in [0.3, 0.4) is 0 Å². The van der Waals surface area contributed by atoms with Gasteiger partial charge in [0.25, 0.3) is 5.69 Å². The molecule has 0 aliphatic carbocycles. The van der Waals surface area contributed by atoms with Crippen molar-refractivity contribution in [3.8, 4) is 0 Å². The fourth-order valence-corrected chi connectivity index (χ4v) is 1.68. The van der Waals surface area contributed by atoms with Crippen LogP contribution >= 0.6 is 0 Å². The van der Waals surface area contributed by atoms with Crippen molar-refractivity contribution in [1.82, 2.24) is 5.32 Å². The molecule has 110 valence electrons. The predicted octanol–water partition coefficient (Wildman–Crippen LogP) is 1.96. The minimum Gasteiger partial charge on any atom is -0.388 e. The zero-order valence-electron chi connectivity index (χ0n) is 11.9. The minimum atomic E-state index is -0.447. The number of nitro groups is 1. The summed E-state index contributed by atoms with van der Waals surface area (Å²) >= 11 is 0. The number of rotatable bonds is 7. The van der Waals surface area contributed by atoms with E-state index in [1.54, 1.807) is 13.1 Å². The molecule has 0 heterocycles. The van der Waals surface area contributed by atoms with Crippen LogP contribution in [0.4, 0.5) is 17.1 Å². The standard InChI is InChI=1S/C13H20N4O3/c1-9(2)16-13(18)4-5-15-11-6-10(14-3)7-12(8-11)17(19)20/h6-9,14-15H,4-5H2,1-3H3,(H,16,18). The second-order valence-corrected chi connectivity index (χ2v) is 4.67. The van der Waals surface area contributed by atoms with Crippen molar-refractivity contribution < 1.29 is 9.72 Å². The quantitative estimate of drug-likeness (QED) is 0.524. The van der Waals surface area contributed by atoms with Gasteiger partial charge < -0.3 is 16.0 Å². The van der Waals surface area contributed by atoms with Gasteiger partial charge in [0.15, 0.2) is 0 Å². The SMILES string of the molecule is CNc1cc(NCCC(=O)NC(C)C)cc([N+](=O)[O-])c1. The Bertz CT molecular complexity index is 489. The smallest absolute Gasteiger partial charge is 0.273 e. The van der Waals surface area contributed by atoms with Crippen molar-refractivity contribution in [2.24, 2.45) is 0 Å². The first-order valence-electron chi connectivity index (χ1n) is 6.43. The average molecular weight is 280 g/mol. The summed E-state index contributed by atoms with van der Waals surface area (Å²) in [6, 6.07) is 4.77. The van der Waals surface area contributed by atoms with Gasteiger partial charge in [-0.3, -0.25) is 14.9 Å². The van der Waals surface area contributed by atoms with E-state index in [9.17, 15) is 14.9 Å². The molecule has 0 bridgehead atoms. The number of nitrogens with one attached hydrogen (secondary N) is 3. The number of hydrogen-bond donors (Lipinski definition) is 3. The van der Waals surface area contributed by atoms with Crippen LogP contribution in [0.2, 0.25) is 0 Å². The van der Waals surface area contributed by atoms with Gasteiger partial charge >= 0.3 is 0 Å². The van der Waals surface area contributed by atoms with E-state index in [0.717, 1.165) is 0 Å². The molecule has 0 aromatic heterocycles. The zero-order valence-corrected chi connectivity index (χ0v) is 11.9. The lowest BCUT2D eigenvalue weighted by Gasteiger charge is -2.10. The molecule has 0 spiro atoms. The monoisotopic (exact) mass is 280 g/mol. The Kier molecular flexibility index (Phi) is 5.76. The zero-order chi connectivity index (χ0) is 15.1. The number of nitro benzene ring substituents is 1. The second-order valence-electron chi connectivity index (χ2n) is 4.67. The molecule has 1 aromatic rings. The fourth-order valence-electron chi connectivity index (χ4n) is 1.68. The third kappa shape index (κ3) is 5.13. The minimum absolute atomic E-state index is 0.00554. The summed E-state index contributed by atoms with van der Waals surface area (Å²) in [6.45, 7) is 4.21. The lowest BCUT2D eigenvalue weighted by Crippen LogP contribution is -2.31. The molecule has 0 aliphatic heterocycles. The van der Waals surface area contributed by atoms with E-state index in [4.69, 9.17) is 0 Å². The Balaban J connectivity index is 2.61. The van der Waals surface area contributed by atoms with Crippen molar-refractivity contribution in [2.75, 3.05) is 24.2 Å². The van der Waals surface area contributed by atoms with E-state index in [0.29, 0.717) is 24.3 Å². The van der Waals surface area contributed by atoms with Crippen LogP contribution in [0.1, 0.15) is 20.3 Å². The largest absolute Gasteiger partial charge is 0.388 e. The molecule has 0 aliphatic rings. The van der Waals surface area contributed by atoms with E-state index in [-0.39, 0.29) is 17.6 Å². The van der Waals surface area contributed by atoms with Crippen LogP contribution in [0.25, 0.3) is 0 Å². The fraction of sp³-hybridized carbons (Fsp3) is 0.462. The van der Waals surface area contributed by atoms with Gasteiger partial charge in [0, 0.05) is 49.6 Å². The predicted molar refractivity (Wildman–Crippen MR) is 79.0 cm³/mol. The van der Waals surface area contributed by atoms with Crippen LogP contribution in [0.5, 0.6) is 0 Å². The van der Waals surface area contributed by atoms with Crippen LogP contribution in [-0.4, -0.2) is 30.5 Å². The van der Waals surface area contributed by atoms with Crippen molar-refractivity contribution in [1.29, 1.82) is 0 Å². The van der Waals surface area contributed by atoms with E-state index >= 15 is 0 Å². The molecule has 1 amide bonds. The highest BCUT2D eigenvalue weighted by Gasteiger charge is 2.09. The van der Waals surface area contributed by atoms with Crippen molar-refractivity contribution in [3.63, 3.8) is 0 Å². The highest BCUT2D eigenvalue weighted by molar-refractivity contribution is 5.76. The van der Waals surface area contributed by atoms with Gasteiger partial charge in [-0.2, -0.15) is 0 Å². The van der Waals surface area contributed by atoms with Gasteiger partial charge in [0.05, 0.1) is 4.92 Å². The lowest BCUT2D eigenvalue weighted by atomic mass is 10.2. The molecular formula is C13H20N4O3. The van der Waals surface area contributed by atoms with Crippen molar-refractivity contribution >= 4 is 23.0 Å². The Labute approximate surface area is 117 Å². The molecule has 0 saturated heterocycles. The second kappa shape index (κ2) is 7.32. The van der Waals surface area contributed by atoms with Crippen LogP contribution in [0.15, 0.2) is 18.2 Å². The first-order valence-corrected chi connectivity index (χ1v) is 6.43. The molecule has 20 heavy (non-hydrogen) atoms. The van der Waals surface area contributed by atoms with E-state index in [2.05, 4.69) is 16.0 Å². The van der Waals surface area contributed by atoms with E-state index in [1.807, 2.05) is 13.8 Å². The normalized spacial score (nSPS) is 10.2. The van der Waals surface area contributed by atoms with Crippen LogP contribution < -0.4 is 16.0 Å². The van der Waals surface area contributed by atoms with E-state index < -0.39 is 4.92 Å². The molecule has 7 nitrogen and oxygen atoms in total. The Hall–Kier alpha value is -2.31. The molecule has 0 atom stereocenters. The number of anilines is 2. The van der Waals surface area contributed by atoms with Gasteiger partial charge in [-0.1, -0.05) is 0 Å². The highest BCUT2D eigenvalue weighted by Crippen LogP contribution is 2.23. The molecule has 3 N–H and O–H groups in total. The first-order chi connectivity index (χ1) is 9.42. The molecular weight excluding hydrogens is 260 g/mol. The summed E-state index contributed by atoms with van der Waals surface area (Å²) in [7, 11) is 1.69. The maximum absolute atomic E-state index is 11.5. The third-order valence-electron chi connectivity index (χ3n) is 2.55. The Morgan fingerprint density at radius 3 is 2.50 bits per heavy atom. The van der Waals surface area contributed by atoms with Crippen LogP contribution in [-0.2, 0) is 4.79 Å². The van der Waals surface area contributed by atoms with Gasteiger partial charge in [-0.15, -0.1) is 0 Å². The Morgan fingerprint density at radius 2 is 1.95 bits per heavy atom. The molecule has 1 aromatic carbocycles. The van der Waals surface area contributed by atoms with Crippen LogP contribution in [0, 0.1) is 10.1 Å². The maximum Gasteiger partial charge on any atom is 0.273 e. The van der Waals surface area contributed by atoms with Gasteiger partial charge in [0.2, 0.25) is 5.91 Å². The topological polar surface area (TPSA) is 96.3 Å². The maximum atomic E-state index is 11.5.